The van der Waals surface area contributed by atoms with Crippen LogP contribution in [0.2, 0.25) is 0 Å². The van der Waals surface area contributed by atoms with E-state index < -0.39 is 0 Å². The van der Waals surface area contributed by atoms with Crippen LogP contribution in [-0.2, 0) is 6.42 Å². The molecule has 0 aliphatic heterocycles. The summed E-state index contributed by atoms with van der Waals surface area (Å²) in [6.07, 6.45) is 4.39. The van der Waals surface area contributed by atoms with Gasteiger partial charge in [-0.25, -0.2) is 0 Å². The lowest BCUT2D eigenvalue weighted by molar-refractivity contribution is 0.0653. The van der Waals surface area contributed by atoms with E-state index >= 15 is 0 Å². The summed E-state index contributed by atoms with van der Waals surface area (Å²) in [5.74, 6) is 7.81. The molecular formula is C20H25N. The van der Waals surface area contributed by atoms with Gasteiger partial charge in [0, 0.05) is 6.04 Å². The summed E-state index contributed by atoms with van der Waals surface area (Å²) < 4.78 is 0. The third-order valence-corrected chi connectivity index (χ3v) is 8.63. The van der Waals surface area contributed by atoms with Crippen molar-refractivity contribution in [1.82, 2.24) is 5.32 Å². The van der Waals surface area contributed by atoms with Crippen molar-refractivity contribution in [2.24, 2.45) is 46.8 Å². The van der Waals surface area contributed by atoms with E-state index in [-0.39, 0.29) is 0 Å². The van der Waals surface area contributed by atoms with Crippen molar-refractivity contribution in [3.63, 3.8) is 0 Å². The van der Waals surface area contributed by atoms with Gasteiger partial charge in [0.25, 0.3) is 0 Å². The SMILES string of the molecule is CC12C3CC4C5C[C@H]([C@H](C53)[C@@H]1NCCc1ccccc1)[C@@H]42. The average Bonchev–Trinajstić information content (AvgIpc) is 3.20. The summed E-state index contributed by atoms with van der Waals surface area (Å²) in [5, 5.41) is 4.05. The smallest absolute Gasteiger partial charge is 0.0160 e. The first-order chi connectivity index (χ1) is 10.3. The highest BCUT2D eigenvalue weighted by molar-refractivity contribution is 5.33. The molecule has 1 aromatic carbocycles. The number of rotatable bonds is 4. The van der Waals surface area contributed by atoms with Crippen LogP contribution in [0.15, 0.2) is 30.3 Å². The molecule has 9 atom stereocenters. The molecule has 0 aromatic heterocycles. The highest BCUT2D eigenvalue weighted by Gasteiger charge is 2.84. The number of hydrogen-bond donors (Lipinski definition) is 1. The molecule has 1 heteroatoms. The van der Waals surface area contributed by atoms with E-state index in [9.17, 15) is 0 Å². The van der Waals surface area contributed by atoms with Crippen molar-refractivity contribution < 1.29 is 0 Å². The molecule has 7 rings (SSSR count). The third kappa shape index (κ3) is 1.12. The molecule has 1 N–H and O–H groups in total. The molecule has 1 aromatic rings. The standard InChI is InChI=1S/C20H25N/c1-20-15-10-13-12-9-14(18(13)20)17(16(12)15)19(20)21-8-7-11-5-3-2-4-6-11/h2-6,12-19,21H,7-10H2,1H3/t12?,13?,14-,15?,16?,17-,18-,19+,20?/m1/s1. The van der Waals surface area contributed by atoms with Crippen molar-refractivity contribution in [2.75, 3.05) is 6.54 Å². The lowest BCUT2D eigenvalue weighted by Crippen LogP contribution is -2.43. The van der Waals surface area contributed by atoms with E-state index in [1.807, 2.05) is 0 Å². The van der Waals surface area contributed by atoms with Gasteiger partial charge in [-0.15, -0.1) is 0 Å². The molecule has 0 saturated heterocycles. The van der Waals surface area contributed by atoms with Gasteiger partial charge in [-0.3, -0.25) is 0 Å². The zero-order valence-corrected chi connectivity index (χ0v) is 12.8. The fraction of sp³-hybridized carbons (Fsp3) is 0.700. The van der Waals surface area contributed by atoms with E-state index in [0.29, 0.717) is 5.41 Å². The minimum absolute atomic E-state index is 0.675. The fourth-order valence-corrected chi connectivity index (χ4v) is 8.50. The number of hydrogen-bond acceptors (Lipinski definition) is 1. The van der Waals surface area contributed by atoms with Crippen molar-refractivity contribution in [3.8, 4) is 0 Å². The predicted molar refractivity (Wildman–Crippen MR) is 83.7 cm³/mol. The molecule has 6 aliphatic carbocycles. The molecule has 21 heavy (non-hydrogen) atoms. The molecule has 110 valence electrons. The monoisotopic (exact) mass is 279 g/mol. The van der Waals surface area contributed by atoms with Crippen molar-refractivity contribution >= 4 is 0 Å². The Balaban J connectivity index is 1.23. The lowest BCUT2D eigenvalue weighted by atomic mass is 9.64. The second-order valence-corrected chi connectivity index (χ2v) is 8.78. The summed E-state index contributed by atoms with van der Waals surface area (Å²) in [7, 11) is 0. The summed E-state index contributed by atoms with van der Waals surface area (Å²) in [5.41, 5.74) is 2.16. The Labute approximate surface area is 127 Å². The maximum Gasteiger partial charge on any atom is 0.0160 e. The van der Waals surface area contributed by atoms with Gasteiger partial charge in [-0.05, 0) is 78.2 Å². The Bertz CT molecular complexity index is 595. The van der Waals surface area contributed by atoms with Crippen LogP contribution in [0.5, 0.6) is 0 Å². The number of nitrogens with one attached hydrogen (secondary N) is 1. The molecule has 6 fully saturated rings. The van der Waals surface area contributed by atoms with E-state index in [4.69, 9.17) is 0 Å². The number of benzene rings is 1. The summed E-state index contributed by atoms with van der Waals surface area (Å²) in [6.45, 7) is 3.84. The van der Waals surface area contributed by atoms with Crippen molar-refractivity contribution in [1.29, 1.82) is 0 Å². The van der Waals surface area contributed by atoms with Crippen LogP contribution in [0.4, 0.5) is 0 Å². The van der Waals surface area contributed by atoms with Gasteiger partial charge in [0.1, 0.15) is 0 Å². The molecule has 1 nitrogen and oxygen atoms in total. The second-order valence-electron chi connectivity index (χ2n) is 8.78. The molecule has 6 aliphatic rings. The van der Waals surface area contributed by atoms with Crippen LogP contribution in [-0.4, -0.2) is 12.6 Å². The normalized spacial score (nSPS) is 57.2. The topological polar surface area (TPSA) is 12.0 Å². The van der Waals surface area contributed by atoms with Gasteiger partial charge in [0.15, 0.2) is 0 Å². The molecule has 0 amide bonds. The fourth-order valence-electron chi connectivity index (χ4n) is 8.50. The first-order valence-corrected chi connectivity index (χ1v) is 9.07. The predicted octanol–water partition coefficient (Wildman–Crippen LogP) is 3.36. The highest BCUT2D eigenvalue weighted by Crippen LogP contribution is 2.86. The Kier molecular flexibility index (Phi) is 1.99. The Morgan fingerprint density at radius 3 is 2.71 bits per heavy atom. The quantitative estimate of drug-likeness (QED) is 0.891. The van der Waals surface area contributed by atoms with Crippen LogP contribution in [0.1, 0.15) is 25.3 Å². The van der Waals surface area contributed by atoms with E-state index in [1.165, 1.54) is 18.5 Å². The molecular weight excluding hydrogens is 254 g/mol. The Morgan fingerprint density at radius 2 is 1.90 bits per heavy atom. The van der Waals surface area contributed by atoms with E-state index in [0.717, 1.165) is 47.5 Å². The second kappa shape index (κ2) is 3.56. The summed E-state index contributed by atoms with van der Waals surface area (Å²) >= 11 is 0. The van der Waals surface area contributed by atoms with E-state index in [1.54, 1.807) is 12.8 Å². The zero-order chi connectivity index (χ0) is 13.8. The average molecular weight is 279 g/mol. The first kappa shape index (κ1) is 11.7. The Morgan fingerprint density at radius 1 is 1.05 bits per heavy atom. The molecule has 0 heterocycles. The van der Waals surface area contributed by atoms with Crippen LogP contribution in [0, 0.1) is 46.8 Å². The summed E-state index contributed by atoms with van der Waals surface area (Å²) in [6, 6.07) is 11.8. The molecule has 5 unspecified atom stereocenters. The molecule has 6 saturated carbocycles. The highest BCUT2D eigenvalue weighted by atomic mass is 15.0. The zero-order valence-electron chi connectivity index (χ0n) is 12.8. The van der Waals surface area contributed by atoms with Crippen LogP contribution >= 0.6 is 0 Å². The molecule has 0 spiro atoms. The maximum absolute atomic E-state index is 4.05. The maximum atomic E-state index is 4.05. The lowest BCUT2D eigenvalue weighted by Gasteiger charge is -2.40. The van der Waals surface area contributed by atoms with Gasteiger partial charge in [0.2, 0.25) is 0 Å². The molecule has 6 bridgehead atoms. The van der Waals surface area contributed by atoms with Crippen molar-refractivity contribution in [3.05, 3.63) is 35.9 Å². The van der Waals surface area contributed by atoms with Gasteiger partial charge in [-0.1, -0.05) is 37.3 Å². The van der Waals surface area contributed by atoms with Gasteiger partial charge in [0.05, 0.1) is 0 Å². The van der Waals surface area contributed by atoms with Crippen molar-refractivity contribution in [2.45, 2.75) is 32.2 Å². The van der Waals surface area contributed by atoms with Crippen LogP contribution < -0.4 is 5.32 Å². The minimum Gasteiger partial charge on any atom is -0.313 e. The Hall–Kier alpha value is -0.820. The summed E-state index contributed by atoms with van der Waals surface area (Å²) in [4.78, 5) is 0. The van der Waals surface area contributed by atoms with Crippen LogP contribution in [0.3, 0.4) is 0 Å². The van der Waals surface area contributed by atoms with Gasteiger partial charge >= 0.3 is 0 Å². The van der Waals surface area contributed by atoms with Gasteiger partial charge in [-0.2, -0.15) is 0 Å². The first-order valence-electron chi connectivity index (χ1n) is 9.07. The largest absolute Gasteiger partial charge is 0.313 e. The van der Waals surface area contributed by atoms with E-state index in [2.05, 4.69) is 42.6 Å². The van der Waals surface area contributed by atoms with Crippen LogP contribution in [0.25, 0.3) is 0 Å². The van der Waals surface area contributed by atoms with Gasteiger partial charge < -0.3 is 5.32 Å². The third-order valence-electron chi connectivity index (χ3n) is 8.63. The minimum atomic E-state index is 0.675. The molecule has 0 radical (unpaired) electrons.